The van der Waals surface area contributed by atoms with Gasteiger partial charge < -0.3 is 15.5 Å². The number of nitrogens with one attached hydrogen (secondary N) is 2. The maximum Gasteiger partial charge on any atom is 0.234 e. The molecule has 2 heterocycles. The number of piperidine rings is 1. The second-order valence-electron chi connectivity index (χ2n) is 7.95. The van der Waals surface area contributed by atoms with Crippen LogP contribution in [0.1, 0.15) is 26.2 Å². The summed E-state index contributed by atoms with van der Waals surface area (Å²) in [5.74, 6) is -0.101. The first-order valence-electron chi connectivity index (χ1n) is 11.1. The molecule has 0 spiro atoms. The smallest absolute Gasteiger partial charge is 0.234 e. The van der Waals surface area contributed by atoms with E-state index in [2.05, 4.69) is 50.0 Å². The van der Waals surface area contributed by atoms with Crippen molar-refractivity contribution in [2.75, 3.05) is 34.4 Å². The lowest BCUT2D eigenvalue weighted by atomic mass is 10.1. The summed E-state index contributed by atoms with van der Waals surface area (Å²) in [6, 6.07) is 19.3. The summed E-state index contributed by atoms with van der Waals surface area (Å²) in [6.07, 6.45) is 3.84. The Balaban J connectivity index is 1.29. The van der Waals surface area contributed by atoms with E-state index in [1.54, 1.807) is 24.3 Å². The van der Waals surface area contributed by atoms with Crippen LogP contribution in [0.3, 0.4) is 0 Å². The molecule has 8 heteroatoms. The number of benzene rings is 2. The van der Waals surface area contributed by atoms with Crippen LogP contribution in [0.2, 0.25) is 0 Å². The fourth-order valence-corrected chi connectivity index (χ4v) is 4.37. The molecule has 3 aromatic rings. The molecule has 2 aromatic carbocycles. The van der Waals surface area contributed by atoms with Gasteiger partial charge in [-0.25, -0.2) is 0 Å². The Bertz CT molecular complexity index is 1100. The van der Waals surface area contributed by atoms with Gasteiger partial charge in [-0.15, -0.1) is 10.2 Å². The number of hydrogen-bond acceptors (Lipinski definition) is 6. The van der Waals surface area contributed by atoms with Crippen LogP contribution in [0.25, 0.3) is 11.3 Å². The van der Waals surface area contributed by atoms with Gasteiger partial charge in [-0.05, 0) is 61.7 Å². The van der Waals surface area contributed by atoms with Crippen molar-refractivity contribution < 1.29 is 9.59 Å². The summed E-state index contributed by atoms with van der Waals surface area (Å²) in [7, 11) is 0. The molecule has 0 aliphatic carbocycles. The Hall–Kier alpha value is -3.39. The van der Waals surface area contributed by atoms with Gasteiger partial charge in [-0.3, -0.25) is 9.59 Å². The molecule has 33 heavy (non-hydrogen) atoms. The van der Waals surface area contributed by atoms with Crippen molar-refractivity contribution >= 4 is 40.6 Å². The highest BCUT2D eigenvalue weighted by atomic mass is 32.2. The molecule has 2 N–H and O–H groups in total. The molecule has 0 atom stereocenters. The molecule has 1 aromatic heterocycles. The minimum absolute atomic E-state index is 0.154. The summed E-state index contributed by atoms with van der Waals surface area (Å²) >= 11 is 1.33. The third-order valence-electron chi connectivity index (χ3n) is 5.34. The van der Waals surface area contributed by atoms with E-state index in [9.17, 15) is 9.59 Å². The first-order valence-corrected chi connectivity index (χ1v) is 12.0. The summed E-state index contributed by atoms with van der Waals surface area (Å²) < 4.78 is 0. The molecule has 0 bridgehead atoms. The Morgan fingerprint density at radius 1 is 0.909 bits per heavy atom. The van der Waals surface area contributed by atoms with Gasteiger partial charge in [0.25, 0.3) is 0 Å². The largest absolute Gasteiger partial charge is 0.372 e. The summed E-state index contributed by atoms with van der Waals surface area (Å²) in [5, 5.41) is 14.8. The van der Waals surface area contributed by atoms with Crippen molar-refractivity contribution in [3.8, 4) is 11.3 Å². The van der Waals surface area contributed by atoms with Crippen molar-refractivity contribution in [3.05, 3.63) is 60.7 Å². The van der Waals surface area contributed by atoms with E-state index in [4.69, 9.17) is 0 Å². The Kier molecular flexibility index (Phi) is 7.57. The molecule has 1 aliphatic rings. The van der Waals surface area contributed by atoms with E-state index < -0.39 is 0 Å². The maximum absolute atomic E-state index is 12.3. The highest BCUT2D eigenvalue weighted by molar-refractivity contribution is 7.99. The molecule has 0 saturated carbocycles. The minimum Gasteiger partial charge on any atom is -0.372 e. The zero-order chi connectivity index (χ0) is 23.0. The van der Waals surface area contributed by atoms with Crippen molar-refractivity contribution in [1.82, 2.24) is 10.2 Å². The lowest BCUT2D eigenvalue weighted by Crippen LogP contribution is -2.29. The SMILES string of the molecule is CC(=O)Nc1cccc(NC(=O)CSc2ccc(-c3ccc(N4CCCCC4)cc3)nn2)c1. The number of thioether (sulfide) groups is 1. The number of rotatable bonds is 7. The van der Waals surface area contributed by atoms with Crippen molar-refractivity contribution in [2.45, 2.75) is 31.2 Å². The van der Waals surface area contributed by atoms with Gasteiger partial charge in [0.05, 0.1) is 11.4 Å². The van der Waals surface area contributed by atoms with Crippen LogP contribution < -0.4 is 15.5 Å². The van der Waals surface area contributed by atoms with Crippen LogP contribution >= 0.6 is 11.8 Å². The second kappa shape index (κ2) is 11.0. The van der Waals surface area contributed by atoms with Gasteiger partial charge in [0.15, 0.2) is 0 Å². The van der Waals surface area contributed by atoms with E-state index in [1.165, 1.54) is 43.6 Å². The molecule has 4 rings (SSSR count). The van der Waals surface area contributed by atoms with Crippen molar-refractivity contribution in [2.24, 2.45) is 0 Å². The number of carbonyl (C=O) groups excluding carboxylic acids is 2. The number of hydrogen-bond donors (Lipinski definition) is 2. The number of aromatic nitrogens is 2. The number of amides is 2. The van der Waals surface area contributed by atoms with Crippen LogP contribution in [-0.4, -0.2) is 40.9 Å². The molecular formula is C25H27N5O2S. The third-order valence-corrected chi connectivity index (χ3v) is 6.26. The number of anilines is 3. The third kappa shape index (κ3) is 6.55. The first-order chi connectivity index (χ1) is 16.1. The van der Waals surface area contributed by atoms with E-state index in [0.29, 0.717) is 16.4 Å². The minimum atomic E-state index is -0.158. The summed E-state index contributed by atoms with van der Waals surface area (Å²) in [4.78, 5) is 25.9. The highest BCUT2D eigenvalue weighted by Gasteiger charge is 2.11. The lowest BCUT2D eigenvalue weighted by Gasteiger charge is -2.28. The van der Waals surface area contributed by atoms with Crippen LogP contribution in [0.15, 0.2) is 65.7 Å². The zero-order valence-corrected chi connectivity index (χ0v) is 19.4. The first kappa shape index (κ1) is 22.8. The molecule has 170 valence electrons. The van der Waals surface area contributed by atoms with Gasteiger partial charge in [0.1, 0.15) is 5.03 Å². The average molecular weight is 462 g/mol. The molecule has 1 fully saturated rings. The predicted molar refractivity (Wildman–Crippen MR) is 134 cm³/mol. The molecule has 7 nitrogen and oxygen atoms in total. The van der Waals surface area contributed by atoms with Crippen LogP contribution in [0.5, 0.6) is 0 Å². The maximum atomic E-state index is 12.3. The molecule has 2 amide bonds. The molecule has 0 unspecified atom stereocenters. The number of nitrogens with zero attached hydrogens (tertiary/aromatic N) is 3. The van der Waals surface area contributed by atoms with Crippen LogP contribution in [-0.2, 0) is 9.59 Å². The quantitative estimate of drug-likeness (QED) is 0.491. The number of carbonyl (C=O) groups is 2. The average Bonchev–Trinajstić information content (AvgIpc) is 2.84. The van der Waals surface area contributed by atoms with E-state index >= 15 is 0 Å². The predicted octanol–water partition coefficient (Wildman–Crippen LogP) is 4.82. The van der Waals surface area contributed by atoms with Crippen molar-refractivity contribution in [3.63, 3.8) is 0 Å². The zero-order valence-electron chi connectivity index (χ0n) is 18.6. The van der Waals surface area contributed by atoms with Gasteiger partial charge in [-0.2, -0.15) is 0 Å². The van der Waals surface area contributed by atoms with Gasteiger partial charge in [-0.1, -0.05) is 30.0 Å². The standard InChI is InChI=1S/C25H27N5O2S/c1-18(31)26-20-6-5-7-21(16-20)27-24(32)17-33-25-13-12-23(28-29-25)19-8-10-22(11-9-19)30-14-3-2-4-15-30/h5-13,16H,2-4,14-15,17H2,1H3,(H,26,31)(H,27,32). The Morgan fingerprint density at radius 3 is 2.30 bits per heavy atom. The van der Waals surface area contributed by atoms with E-state index in [1.807, 2.05) is 12.1 Å². The van der Waals surface area contributed by atoms with Gasteiger partial charge >= 0.3 is 0 Å². The van der Waals surface area contributed by atoms with E-state index in [0.717, 1.165) is 24.3 Å². The van der Waals surface area contributed by atoms with Gasteiger partial charge in [0, 0.05) is 42.6 Å². The fraction of sp³-hybridized carbons (Fsp3) is 0.280. The van der Waals surface area contributed by atoms with Crippen LogP contribution in [0, 0.1) is 0 Å². The normalized spacial score (nSPS) is 13.4. The Morgan fingerprint density at radius 2 is 1.64 bits per heavy atom. The van der Waals surface area contributed by atoms with Gasteiger partial charge in [0.2, 0.25) is 11.8 Å². The van der Waals surface area contributed by atoms with E-state index in [-0.39, 0.29) is 17.6 Å². The molecule has 0 radical (unpaired) electrons. The fourth-order valence-electron chi connectivity index (χ4n) is 3.76. The lowest BCUT2D eigenvalue weighted by molar-refractivity contribution is -0.114. The summed E-state index contributed by atoms with van der Waals surface area (Å²) in [5.41, 5.74) is 4.35. The van der Waals surface area contributed by atoms with Crippen molar-refractivity contribution in [1.29, 1.82) is 0 Å². The topological polar surface area (TPSA) is 87.2 Å². The monoisotopic (exact) mass is 461 g/mol. The van der Waals surface area contributed by atoms with Crippen LogP contribution in [0.4, 0.5) is 17.1 Å². The second-order valence-corrected chi connectivity index (χ2v) is 8.95. The molecular weight excluding hydrogens is 434 g/mol. The molecule has 1 aliphatic heterocycles. The molecule has 1 saturated heterocycles. The highest BCUT2D eigenvalue weighted by Crippen LogP contribution is 2.25. The Labute approximate surface area is 198 Å². The summed E-state index contributed by atoms with van der Waals surface area (Å²) in [6.45, 7) is 3.69.